The first kappa shape index (κ1) is 11.9. The molecule has 0 spiro atoms. The van der Waals surface area contributed by atoms with Crippen molar-refractivity contribution in [2.45, 2.75) is 6.10 Å². The molecule has 3 nitrogen and oxygen atoms in total. The number of ether oxygens (including phenoxy) is 1. The van der Waals surface area contributed by atoms with Crippen LogP contribution >= 0.6 is 0 Å². The van der Waals surface area contributed by atoms with E-state index in [9.17, 15) is 13.9 Å². The van der Waals surface area contributed by atoms with Crippen LogP contribution in [-0.2, 0) is 0 Å². The molecule has 5 heteroatoms. The minimum Gasteiger partial charge on any atom is -0.493 e. The van der Waals surface area contributed by atoms with E-state index in [0.717, 1.165) is 6.07 Å². The first-order chi connectivity index (χ1) is 7.10. The predicted octanol–water partition coefficient (Wildman–Crippen LogP) is 1.23. The van der Waals surface area contributed by atoms with Crippen molar-refractivity contribution < 1.29 is 18.6 Å². The van der Waals surface area contributed by atoms with Gasteiger partial charge in [0, 0.05) is 18.2 Å². The first-order valence-corrected chi connectivity index (χ1v) is 4.45. The van der Waals surface area contributed by atoms with Gasteiger partial charge < -0.3 is 15.2 Å². The summed E-state index contributed by atoms with van der Waals surface area (Å²) >= 11 is 0. The van der Waals surface area contributed by atoms with Gasteiger partial charge in [0.15, 0.2) is 11.6 Å². The van der Waals surface area contributed by atoms with Gasteiger partial charge in [-0.2, -0.15) is 0 Å². The van der Waals surface area contributed by atoms with E-state index >= 15 is 0 Å². The Hall–Kier alpha value is -1.20. The van der Waals surface area contributed by atoms with Crippen LogP contribution in [0.3, 0.4) is 0 Å². The summed E-state index contributed by atoms with van der Waals surface area (Å²) in [4.78, 5) is 0. The molecule has 0 bridgehead atoms. The Labute approximate surface area is 86.7 Å². The molecule has 0 aromatic heterocycles. The average Bonchev–Trinajstić information content (AvgIpc) is 2.17. The number of rotatable bonds is 4. The van der Waals surface area contributed by atoms with Gasteiger partial charge in [0.2, 0.25) is 0 Å². The largest absolute Gasteiger partial charge is 0.493 e. The molecule has 1 atom stereocenters. The molecule has 0 heterocycles. The molecule has 0 aliphatic heterocycles. The van der Waals surface area contributed by atoms with Crippen molar-refractivity contribution in [2.24, 2.45) is 0 Å². The molecule has 1 unspecified atom stereocenters. The SMILES string of the molecule is CNCC(O)c1cc(F)cc(F)c1OC. The van der Waals surface area contributed by atoms with Crippen LogP contribution in [0.2, 0.25) is 0 Å². The van der Waals surface area contributed by atoms with E-state index in [-0.39, 0.29) is 17.9 Å². The van der Waals surface area contributed by atoms with Crippen LogP contribution in [0.25, 0.3) is 0 Å². The zero-order valence-electron chi connectivity index (χ0n) is 8.55. The van der Waals surface area contributed by atoms with Crippen molar-refractivity contribution in [3.05, 3.63) is 29.3 Å². The maximum Gasteiger partial charge on any atom is 0.168 e. The van der Waals surface area contributed by atoms with Crippen molar-refractivity contribution in [2.75, 3.05) is 20.7 Å². The number of hydrogen-bond acceptors (Lipinski definition) is 3. The fourth-order valence-electron chi connectivity index (χ4n) is 1.35. The fraction of sp³-hybridized carbons (Fsp3) is 0.400. The Balaban J connectivity index is 3.13. The highest BCUT2D eigenvalue weighted by Gasteiger charge is 2.17. The number of aliphatic hydroxyl groups excluding tert-OH is 1. The highest BCUT2D eigenvalue weighted by molar-refractivity contribution is 5.37. The van der Waals surface area contributed by atoms with E-state index in [4.69, 9.17) is 4.74 Å². The second-order valence-electron chi connectivity index (χ2n) is 3.08. The summed E-state index contributed by atoms with van der Waals surface area (Å²) in [6.45, 7) is 0.194. The van der Waals surface area contributed by atoms with Gasteiger partial charge in [0.25, 0.3) is 0 Å². The average molecular weight is 217 g/mol. The van der Waals surface area contributed by atoms with Gasteiger partial charge in [-0.25, -0.2) is 8.78 Å². The molecule has 2 N–H and O–H groups in total. The highest BCUT2D eigenvalue weighted by Crippen LogP contribution is 2.28. The lowest BCUT2D eigenvalue weighted by Gasteiger charge is -2.15. The molecule has 0 saturated heterocycles. The molecule has 0 saturated carbocycles. The summed E-state index contributed by atoms with van der Waals surface area (Å²) in [6, 6.07) is 1.78. The molecule has 0 fully saturated rings. The van der Waals surface area contributed by atoms with Crippen molar-refractivity contribution in [1.29, 1.82) is 0 Å². The fourth-order valence-corrected chi connectivity index (χ4v) is 1.35. The van der Waals surface area contributed by atoms with Crippen LogP contribution in [0.4, 0.5) is 8.78 Å². The van der Waals surface area contributed by atoms with E-state index in [2.05, 4.69) is 5.32 Å². The third-order valence-corrected chi connectivity index (χ3v) is 2.00. The third-order valence-electron chi connectivity index (χ3n) is 2.00. The molecule has 0 aliphatic rings. The summed E-state index contributed by atoms with van der Waals surface area (Å²) in [5, 5.41) is 12.3. The van der Waals surface area contributed by atoms with Crippen molar-refractivity contribution in [3.8, 4) is 5.75 Å². The van der Waals surface area contributed by atoms with Crippen LogP contribution in [0.5, 0.6) is 5.75 Å². The lowest BCUT2D eigenvalue weighted by molar-refractivity contribution is 0.171. The summed E-state index contributed by atoms with van der Waals surface area (Å²) in [5.41, 5.74) is 0.101. The summed E-state index contributed by atoms with van der Waals surface area (Å²) in [5.74, 6) is -1.68. The number of likely N-dealkylation sites (N-methyl/N-ethyl adjacent to an activating group) is 1. The first-order valence-electron chi connectivity index (χ1n) is 4.45. The number of methoxy groups -OCH3 is 1. The van der Waals surface area contributed by atoms with E-state index in [1.807, 2.05) is 0 Å². The van der Waals surface area contributed by atoms with E-state index in [1.54, 1.807) is 7.05 Å². The molecule has 1 aromatic carbocycles. The maximum absolute atomic E-state index is 13.2. The monoisotopic (exact) mass is 217 g/mol. The van der Waals surface area contributed by atoms with Gasteiger partial charge in [-0.1, -0.05) is 0 Å². The van der Waals surface area contributed by atoms with Crippen LogP contribution in [0.15, 0.2) is 12.1 Å². The van der Waals surface area contributed by atoms with E-state index < -0.39 is 17.7 Å². The Bertz CT molecular complexity index is 344. The van der Waals surface area contributed by atoms with Crippen molar-refractivity contribution in [3.63, 3.8) is 0 Å². The van der Waals surface area contributed by atoms with Gasteiger partial charge in [-0.3, -0.25) is 0 Å². The lowest BCUT2D eigenvalue weighted by atomic mass is 10.1. The topological polar surface area (TPSA) is 41.5 Å². The summed E-state index contributed by atoms with van der Waals surface area (Å²) in [7, 11) is 2.90. The van der Waals surface area contributed by atoms with Crippen LogP contribution in [0.1, 0.15) is 11.7 Å². The molecule has 15 heavy (non-hydrogen) atoms. The lowest BCUT2D eigenvalue weighted by Crippen LogP contribution is -2.17. The van der Waals surface area contributed by atoms with Gasteiger partial charge in [-0.05, 0) is 13.1 Å². The van der Waals surface area contributed by atoms with Gasteiger partial charge in [0.05, 0.1) is 13.2 Å². The Morgan fingerprint density at radius 2 is 2.13 bits per heavy atom. The minimum absolute atomic E-state index is 0.101. The van der Waals surface area contributed by atoms with Crippen molar-refractivity contribution in [1.82, 2.24) is 5.32 Å². The molecule has 0 amide bonds. The molecular formula is C10H13F2NO2. The Kier molecular flexibility index (Phi) is 3.99. The zero-order chi connectivity index (χ0) is 11.4. The molecule has 1 aromatic rings. The van der Waals surface area contributed by atoms with Crippen LogP contribution in [0, 0.1) is 11.6 Å². The number of benzene rings is 1. The normalized spacial score (nSPS) is 12.6. The number of nitrogens with one attached hydrogen (secondary N) is 1. The highest BCUT2D eigenvalue weighted by atomic mass is 19.1. The third kappa shape index (κ3) is 2.64. The Morgan fingerprint density at radius 1 is 1.47 bits per heavy atom. The van der Waals surface area contributed by atoms with Gasteiger partial charge in [-0.15, -0.1) is 0 Å². The van der Waals surface area contributed by atoms with Crippen molar-refractivity contribution >= 4 is 0 Å². The summed E-state index contributed by atoms with van der Waals surface area (Å²) < 4.78 is 30.9. The molecular weight excluding hydrogens is 204 g/mol. The van der Waals surface area contributed by atoms with Gasteiger partial charge in [0.1, 0.15) is 5.82 Å². The summed E-state index contributed by atoms with van der Waals surface area (Å²) in [6.07, 6.45) is -1.00. The second kappa shape index (κ2) is 5.04. The predicted molar refractivity (Wildman–Crippen MR) is 51.8 cm³/mol. The Morgan fingerprint density at radius 3 is 2.67 bits per heavy atom. The maximum atomic E-state index is 13.2. The smallest absolute Gasteiger partial charge is 0.168 e. The number of halogens is 2. The number of aliphatic hydroxyl groups is 1. The van der Waals surface area contributed by atoms with Crippen LogP contribution in [-0.4, -0.2) is 25.8 Å². The second-order valence-corrected chi connectivity index (χ2v) is 3.08. The molecule has 84 valence electrons. The standard InChI is InChI=1S/C10H13F2NO2/c1-13-5-9(14)7-3-6(11)4-8(12)10(7)15-2/h3-4,9,13-14H,5H2,1-2H3. The minimum atomic E-state index is -1.00. The molecule has 0 aliphatic carbocycles. The number of hydrogen-bond donors (Lipinski definition) is 2. The molecule has 0 radical (unpaired) electrons. The van der Waals surface area contributed by atoms with Crippen LogP contribution < -0.4 is 10.1 Å². The van der Waals surface area contributed by atoms with Gasteiger partial charge >= 0.3 is 0 Å². The zero-order valence-corrected chi connectivity index (χ0v) is 8.55. The van der Waals surface area contributed by atoms with E-state index in [0.29, 0.717) is 6.07 Å². The quantitative estimate of drug-likeness (QED) is 0.797. The molecule has 1 rings (SSSR count). The van der Waals surface area contributed by atoms with E-state index in [1.165, 1.54) is 7.11 Å².